The molecule has 0 bridgehead atoms. The maximum absolute atomic E-state index is 6.46. The van der Waals surface area contributed by atoms with Crippen molar-refractivity contribution in [3.63, 3.8) is 0 Å². The number of methoxy groups -OCH3 is 1. The molecule has 0 aliphatic carbocycles. The van der Waals surface area contributed by atoms with Crippen LogP contribution in [-0.4, -0.2) is 35.4 Å². The van der Waals surface area contributed by atoms with Crippen LogP contribution in [0, 0.1) is 5.41 Å². The molecule has 5 heteroatoms. The average molecular weight is 419 g/mol. The smallest absolute Gasteiger partial charge is 0.118 e. The molecule has 164 valence electrons. The first-order valence-electron chi connectivity index (χ1n) is 10.8. The fourth-order valence-corrected chi connectivity index (χ4v) is 4.39. The van der Waals surface area contributed by atoms with Gasteiger partial charge in [0, 0.05) is 30.1 Å². The number of nitrogens with two attached hydrogens (primary N) is 1. The monoisotopic (exact) mass is 418 g/mol. The second-order valence-corrected chi connectivity index (χ2v) is 8.78. The third-order valence-corrected chi connectivity index (χ3v) is 5.89. The second-order valence-electron chi connectivity index (χ2n) is 8.78. The van der Waals surface area contributed by atoms with Crippen molar-refractivity contribution >= 4 is 11.8 Å². The Morgan fingerprint density at radius 3 is 2.58 bits per heavy atom. The van der Waals surface area contributed by atoms with Gasteiger partial charge in [-0.15, -0.1) is 0 Å². The van der Waals surface area contributed by atoms with E-state index in [0.29, 0.717) is 0 Å². The number of benzene rings is 1. The molecule has 2 aromatic rings. The first-order valence-corrected chi connectivity index (χ1v) is 10.8. The minimum absolute atomic E-state index is 0.00813. The van der Waals surface area contributed by atoms with Gasteiger partial charge in [-0.3, -0.25) is 9.99 Å². The van der Waals surface area contributed by atoms with Crippen LogP contribution in [0.5, 0.6) is 5.75 Å². The van der Waals surface area contributed by atoms with Gasteiger partial charge >= 0.3 is 0 Å². The number of hydrogen-bond donors (Lipinski definition) is 1. The summed E-state index contributed by atoms with van der Waals surface area (Å²) in [5, 5.41) is 6.91. The van der Waals surface area contributed by atoms with Crippen molar-refractivity contribution in [3.8, 4) is 5.75 Å². The highest BCUT2D eigenvalue weighted by molar-refractivity contribution is 5.69. The number of pyridine rings is 1. The summed E-state index contributed by atoms with van der Waals surface area (Å²) in [6.07, 6.45) is 11.0. The topological polar surface area (TPSA) is 63.7 Å². The van der Waals surface area contributed by atoms with Gasteiger partial charge in [-0.25, -0.2) is 0 Å². The molecule has 1 aliphatic rings. The lowest BCUT2D eigenvalue weighted by Crippen LogP contribution is -2.50. The highest BCUT2D eigenvalue weighted by Gasteiger charge is 2.43. The molecule has 2 heterocycles. The Balaban J connectivity index is 1.72. The van der Waals surface area contributed by atoms with E-state index in [0.717, 1.165) is 24.3 Å². The summed E-state index contributed by atoms with van der Waals surface area (Å²) in [4.78, 5) is 4.20. The van der Waals surface area contributed by atoms with Gasteiger partial charge in [0.05, 0.1) is 19.7 Å². The number of hydrogen-bond acceptors (Lipinski definition) is 5. The van der Waals surface area contributed by atoms with E-state index in [1.165, 1.54) is 16.7 Å². The van der Waals surface area contributed by atoms with Crippen LogP contribution >= 0.6 is 0 Å². The van der Waals surface area contributed by atoms with E-state index in [4.69, 9.17) is 15.6 Å². The van der Waals surface area contributed by atoms with Crippen LogP contribution in [0.2, 0.25) is 0 Å². The third kappa shape index (κ3) is 5.61. The molecule has 5 nitrogen and oxygen atoms in total. The van der Waals surface area contributed by atoms with Gasteiger partial charge in [0.1, 0.15) is 5.75 Å². The maximum atomic E-state index is 6.46. The van der Waals surface area contributed by atoms with Gasteiger partial charge in [-0.05, 0) is 62.1 Å². The Bertz CT molecular complexity index is 947. The second kappa shape index (κ2) is 9.92. The van der Waals surface area contributed by atoms with Crippen LogP contribution in [0.4, 0.5) is 0 Å². The van der Waals surface area contributed by atoms with Crippen molar-refractivity contribution in [2.45, 2.75) is 52.7 Å². The highest BCUT2D eigenvalue weighted by Crippen LogP contribution is 2.38. The molecule has 2 N–H and O–H groups in total. The third-order valence-electron chi connectivity index (χ3n) is 5.89. The van der Waals surface area contributed by atoms with Gasteiger partial charge in [0.15, 0.2) is 0 Å². The van der Waals surface area contributed by atoms with Crippen molar-refractivity contribution in [3.05, 3.63) is 77.6 Å². The molecular weight excluding hydrogens is 384 g/mol. The number of aromatic nitrogens is 1. The molecule has 31 heavy (non-hydrogen) atoms. The number of nitrogens with zero attached hydrogens (tertiary/aromatic N) is 3. The molecule has 1 aliphatic heterocycles. The zero-order chi connectivity index (χ0) is 22.4. The molecule has 1 aromatic carbocycles. The van der Waals surface area contributed by atoms with Crippen molar-refractivity contribution in [1.82, 2.24) is 9.99 Å². The lowest BCUT2D eigenvalue weighted by molar-refractivity contribution is 0.127. The van der Waals surface area contributed by atoms with Crippen LogP contribution in [0.3, 0.4) is 0 Å². The Morgan fingerprint density at radius 2 is 1.97 bits per heavy atom. The van der Waals surface area contributed by atoms with Crippen LogP contribution in [0.15, 0.2) is 71.6 Å². The van der Waals surface area contributed by atoms with Crippen LogP contribution in [-0.2, 0) is 6.54 Å². The molecule has 3 rings (SSSR count). The SMILES string of the molecule is COc1ccc(CN2N=CC(C)(C/C(C)=C\C=C(/C)c3cccnc3)C2C(C)N)cc1. The van der Waals surface area contributed by atoms with E-state index < -0.39 is 0 Å². The lowest BCUT2D eigenvalue weighted by Gasteiger charge is -2.37. The molecule has 0 fully saturated rings. The number of hydrazone groups is 1. The number of allylic oxidation sites excluding steroid dienone is 4. The quantitative estimate of drug-likeness (QED) is 0.609. The first kappa shape index (κ1) is 22.8. The Morgan fingerprint density at radius 1 is 1.23 bits per heavy atom. The molecule has 0 radical (unpaired) electrons. The standard InChI is InChI=1S/C26H34N4O/c1-19(8-9-20(2)23-7-6-14-28-16-23)15-26(4)18-29-30(25(26)21(3)27)17-22-10-12-24(31-5)13-11-22/h6-14,16,18,21,25H,15,17,27H2,1-5H3/b19-8-,20-9+. The van der Waals surface area contributed by atoms with Crippen molar-refractivity contribution < 1.29 is 4.74 Å². The number of rotatable bonds is 8. The summed E-state index contributed by atoms with van der Waals surface area (Å²) in [5.41, 5.74) is 11.2. The Hall–Kier alpha value is -2.92. The van der Waals surface area contributed by atoms with Gasteiger partial charge in [-0.1, -0.05) is 42.8 Å². The van der Waals surface area contributed by atoms with Crippen LogP contribution < -0.4 is 10.5 Å². The van der Waals surface area contributed by atoms with Crippen molar-refractivity contribution in [2.75, 3.05) is 7.11 Å². The van der Waals surface area contributed by atoms with Gasteiger partial charge in [-0.2, -0.15) is 5.10 Å². The molecule has 3 unspecified atom stereocenters. The molecule has 1 aromatic heterocycles. The van der Waals surface area contributed by atoms with Crippen LogP contribution in [0.25, 0.3) is 5.57 Å². The molecule has 0 spiro atoms. The predicted molar refractivity (Wildman–Crippen MR) is 129 cm³/mol. The summed E-state index contributed by atoms with van der Waals surface area (Å²) in [7, 11) is 1.68. The minimum atomic E-state index is -0.128. The van der Waals surface area contributed by atoms with Gasteiger partial charge in [0.2, 0.25) is 0 Å². The Labute approximate surface area is 186 Å². The fraction of sp³-hybridized carbons (Fsp3) is 0.385. The largest absolute Gasteiger partial charge is 0.497 e. The fourth-order valence-electron chi connectivity index (χ4n) is 4.39. The highest BCUT2D eigenvalue weighted by atomic mass is 16.5. The maximum Gasteiger partial charge on any atom is 0.118 e. The van der Waals surface area contributed by atoms with E-state index in [2.05, 4.69) is 74.3 Å². The van der Waals surface area contributed by atoms with Gasteiger partial charge < -0.3 is 10.5 Å². The van der Waals surface area contributed by atoms with Crippen LogP contribution in [0.1, 0.15) is 45.2 Å². The Kier molecular flexibility index (Phi) is 7.29. The summed E-state index contributed by atoms with van der Waals surface area (Å²) in [5.74, 6) is 0.859. The molecule has 0 amide bonds. The van der Waals surface area contributed by atoms with Crippen molar-refractivity contribution in [1.29, 1.82) is 0 Å². The van der Waals surface area contributed by atoms with E-state index in [1.54, 1.807) is 13.3 Å². The van der Waals surface area contributed by atoms with E-state index in [-0.39, 0.29) is 17.5 Å². The summed E-state index contributed by atoms with van der Waals surface area (Å²) >= 11 is 0. The zero-order valence-corrected chi connectivity index (χ0v) is 19.2. The number of ether oxygens (including phenoxy) is 1. The van der Waals surface area contributed by atoms with Gasteiger partial charge in [0.25, 0.3) is 0 Å². The molecule has 3 atom stereocenters. The van der Waals surface area contributed by atoms with E-state index >= 15 is 0 Å². The van der Waals surface area contributed by atoms with E-state index in [1.807, 2.05) is 24.4 Å². The first-order chi connectivity index (χ1) is 14.8. The summed E-state index contributed by atoms with van der Waals surface area (Å²) in [6.45, 7) is 9.35. The summed E-state index contributed by atoms with van der Waals surface area (Å²) in [6, 6.07) is 12.3. The molecular formula is C26H34N4O. The lowest BCUT2D eigenvalue weighted by atomic mass is 9.76. The molecule has 0 saturated heterocycles. The summed E-state index contributed by atoms with van der Waals surface area (Å²) < 4.78 is 5.27. The van der Waals surface area contributed by atoms with E-state index in [9.17, 15) is 0 Å². The normalized spacial score (nSPS) is 22.6. The zero-order valence-electron chi connectivity index (χ0n) is 19.2. The minimum Gasteiger partial charge on any atom is -0.497 e. The average Bonchev–Trinajstić information content (AvgIpc) is 3.08. The molecule has 0 saturated carbocycles. The van der Waals surface area contributed by atoms with Crippen molar-refractivity contribution in [2.24, 2.45) is 16.3 Å². The predicted octanol–water partition coefficient (Wildman–Crippen LogP) is 5.05.